The number of aliphatic carboxylic acids is 1. The number of rotatable bonds is 4. The van der Waals surface area contributed by atoms with Crippen LogP contribution in [-0.4, -0.2) is 29.1 Å². The first-order valence-electron chi connectivity index (χ1n) is 8.12. The maximum absolute atomic E-state index is 11.4. The van der Waals surface area contributed by atoms with Crippen molar-refractivity contribution in [3.8, 4) is 0 Å². The zero-order chi connectivity index (χ0) is 16.4. The van der Waals surface area contributed by atoms with E-state index in [1.165, 1.54) is 22.3 Å². The second-order valence-corrected chi connectivity index (χ2v) is 7.27. The fraction of sp³-hybridized carbons (Fsp3) is 0.421. The number of aryl methyl sites for hydroxylation is 2. The second-order valence-electron chi connectivity index (χ2n) is 6.49. The summed E-state index contributed by atoms with van der Waals surface area (Å²) in [5.74, 6) is -0.921. The van der Waals surface area contributed by atoms with Crippen LogP contribution in [0.5, 0.6) is 0 Å². The molecule has 2 atom stereocenters. The summed E-state index contributed by atoms with van der Waals surface area (Å²) < 4.78 is 0. The molecule has 0 radical (unpaired) electrons. The highest BCUT2D eigenvalue weighted by Crippen LogP contribution is 2.35. The van der Waals surface area contributed by atoms with E-state index in [9.17, 15) is 9.90 Å². The number of benzene rings is 1. The molecule has 1 fully saturated rings. The summed E-state index contributed by atoms with van der Waals surface area (Å²) in [5, 5.41) is 13.7. The molecule has 1 saturated heterocycles. The number of hydrogen-bond acceptors (Lipinski definition) is 3. The summed E-state index contributed by atoms with van der Waals surface area (Å²) in [6, 6.07) is 8.90. The van der Waals surface area contributed by atoms with Gasteiger partial charge in [-0.1, -0.05) is 23.8 Å². The molecule has 2 aromatic rings. The Kier molecular flexibility index (Phi) is 4.83. The standard InChI is InChI=1S/C19H23NO2S/c1-13-5-6-17(14(2)10-13)18(16-7-9-23-12-16)20-8-3-4-15(11-20)19(21)22/h5-7,9-10,12,15,18H,3-4,8,11H2,1-2H3,(H,21,22). The minimum Gasteiger partial charge on any atom is -0.481 e. The summed E-state index contributed by atoms with van der Waals surface area (Å²) in [6.07, 6.45) is 1.73. The van der Waals surface area contributed by atoms with Gasteiger partial charge in [-0.3, -0.25) is 9.69 Å². The topological polar surface area (TPSA) is 40.5 Å². The van der Waals surface area contributed by atoms with Crippen LogP contribution < -0.4 is 0 Å². The van der Waals surface area contributed by atoms with Crippen molar-refractivity contribution in [2.75, 3.05) is 13.1 Å². The van der Waals surface area contributed by atoms with Gasteiger partial charge in [-0.05, 0) is 66.8 Å². The number of carbonyl (C=O) groups is 1. The van der Waals surface area contributed by atoms with E-state index in [0.29, 0.717) is 6.54 Å². The van der Waals surface area contributed by atoms with Crippen molar-refractivity contribution in [1.82, 2.24) is 4.90 Å². The Morgan fingerprint density at radius 3 is 2.83 bits per heavy atom. The van der Waals surface area contributed by atoms with Crippen LogP contribution in [0.4, 0.5) is 0 Å². The van der Waals surface area contributed by atoms with Crippen LogP contribution in [0, 0.1) is 19.8 Å². The minimum atomic E-state index is -0.667. The molecular weight excluding hydrogens is 306 g/mol. The third-order valence-electron chi connectivity index (χ3n) is 4.75. The predicted octanol–water partition coefficient (Wildman–Crippen LogP) is 4.25. The first-order valence-corrected chi connectivity index (χ1v) is 9.06. The molecule has 0 spiro atoms. The average molecular weight is 329 g/mol. The Labute approximate surface area is 141 Å². The van der Waals surface area contributed by atoms with Crippen molar-refractivity contribution in [2.24, 2.45) is 5.92 Å². The Bertz CT molecular complexity index is 681. The van der Waals surface area contributed by atoms with Gasteiger partial charge in [0.15, 0.2) is 0 Å². The van der Waals surface area contributed by atoms with Gasteiger partial charge in [-0.25, -0.2) is 0 Å². The van der Waals surface area contributed by atoms with E-state index in [0.717, 1.165) is 19.4 Å². The molecule has 0 amide bonds. The molecular formula is C19H23NO2S. The Morgan fingerprint density at radius 1 is 1.35 bits per heavy atom. The molecule has 4 heteroatoms. The van der Waals surface area contributed by atoms with Crippen molar-refractivity contribution in [2.45, 2.75) is 32.7 Å². The van der Waals surface area contributed by atoms with Crippen molar-refractivity contribution in [3.63, 3.8) is 0 Å². The fourth-order valence-corrected chi connectivity index (χ4v) is 4.27. The van der Waals surface area contributed by atoms with Crippen LogP contribution >= 0.6 is 11.3 Å². The van der Waals surface area contributed by atoms with E-state index in [1.807, 2.05) is 0 Å². The van der Waals surface area contributed by atoms with Gasteiger partial charge in [0.1, 0.15) is 0 Å². The van der Waals surface area contributed by atoms with Crippen molar-refractivity contribution in [3.05, 3.63) is 57.3 Å². The van der Waals surface area contributed by atoms with Crippen molar-refractivity contribution < 1.29 is 9.90 Å². The van der Waals surface area contributed by atoms with Gasteiger partial charge in [0.25, 0.3) is 0 Å². The van der Waals surface area contributed by atoms with Crippen LogP contribution in [0.25, 0.3) is 0 Å². The SMILES string of the molecule is Cc1ccc(C(c2ccsc2)N2CCCC(C(=O)O)C2)c(C)c1. The number of piperidine rings is 1. The van der Waals surface area contributed by atoms with Crippen molar-refractivity contribution in [1.29, 1.82) is 0 Å². The van der Waals surface area contributed by atoms with Gasteiger partial charge >= 0.3 is 5.97 Å². The summed E-state index contributed by atoms with van der Waals surface area (Å²) in [5.41, 5.74) is 5.10. The van der Waals surface area contributed by atoms with Gasteiger partial charge in [0.05, 0.1) is 12.0 Å². The zero-order valence-electron chi connectivity index (χ0n) is 13.7. The maximum atomic E-state index is 11.4. The van der Waals surface area contributed by atoms with E-state index in [2.05, 4.69) is 53.8 Å². The normalized spacial score (nSPS) is 20.3. The molecule has 1 aliphatic rings. The molecule has 2 heterocycles. The average Bonchev–Trinajstić information content (AvgIpc) is 3.04. The molecule has 3 rings (SSSR count). The Morgan fingerprint density at radius 2 is 2.17 bits per heavy atom. The second kappa shape index (κ2) is 6.85. The van der Waals surface area contributed by atoms with E-state index in [1.54, 1.807) is 11.3 Å². The lowest BCUT2D eigenvalue weighted by atomic mass is 9.90. The summed E-state index contributed by atoms with van der Waals surface area (Å²) in [6.45, 7) is 5.85. The molecule has 23 heavy (non-hydrogen) atoms. The molecule has 1 aromatic carbocycles. The predicted molar refractivity (Wildman–Crippen MR) is 94.0 cm³/mol. The molecule has 1 aliphatic heterocycles. The molecule has 0 aliphatic carbocycles. The smallest absolute Gasteiger partial charge is 0.307 e. The monoisotopic (exact) mass is 329 g/mol. The van der Waals surface area contributed by atoms with E-state index in [-0.39, 0.29) is 12.0 Å². The first-order chi connectivity index (χ1) is 11.1. The minimum absolute atomic E-state index is 0.156. The third kappa shape index (κ3) is 3.48. The first kappa shape index (κ1) is 16.2. The lowest BCUT2D eigenvalue weighted by molar-refractivity contribution is -0.143. The highest BCUT2D eigenvalue weighted by atomic mass is 32.1. The highest BCUT2D eigenvalue weighted by molar-refractivity contribution is 7.08. The summed E-state index contributed by atoms with van der Waals surface area (Å²) in [7, 11) is 0. The molecule has 1 aromatic heterocycles. The van der Waals surface area contributed by atoms with Crippen LogP contribution in [0.2, 0.25) is 0 Å². The Hall–Kier alpha value is -1.65. The molecule has 122 valence electrons. The number of nitrogens with zero attached hydrogens (tertiary/aromatic N) is 1. The molecule has 1 N–H and O–H groups in total. The molecule has 0 saturated carbocycles. The van der Waals surface area contributed by atoms with E-state index < -0.39 is 5.97 Å². The Balaban J connectivity index is 1.98. The lowest BCUT2D eigenvalue weighted by Crippen LogP contribution is -2.41. The largest absolute Gasteiger partial charge is 0.481 e. The van der Waals surface area contributed by atoms with Gasteiger partial charge in [0.2, 0.25) is 0 Å². The van der Waals surface area contributed by atoms with Crippen molar-refractivity contribution >= 4 is 17.3 Å². The number of hydrogen-bond donors (Lipinski definition) is 1. The number of carboxylic acids is 1. The maximum Gasteiger partial charge on any atom is 0.307 e. The molecule has 0 bridgehead atoms. The highest BCUT2D eigenvalue weighted by Gasteiger charge is 2.31. The molecule has 3 nitrogen and oxygen atoms in total. The van der Waals surface area contributed by atoms with E-state index in [4.69, 9.17) is 0 Å². The van der Waals surface area contributed by atoms with Gasteiger partial charge in [-0.2, -0.15) is 11.3 Å². The zero-order valence-corrected chi connectivity index (χ0v) is 14.5. The van der Waals surface area contributed by atoms with Crippen LogP contribution in [0.3, 0.4) is 0 Å². The van der Waals surface area contributed by atoms with E-state index >= 15 is 0 Å². The number of likely N-dealkylation sites (tertiary alicyclic amines) is 1. The molecule has 2 unspecified atom stereocenters. The van der Waals surface area contributed by atoms with Gasteiger partial charge in [0, 0.05) is 6.54 Å². The number of thiophene rings is 1. The summed E-state index contributed by atoms with van der Waals surface area (Å²) >= 11 is 1.70. The van der Waals surface area contributed by atoms with Gasteiger partial charge < -0.3 is 5.11 Å². The number of carboxylic acid groups (broad SMARTS) is 1. The lowest BCUT2D eigenvalue weighted by Gasteiger charge is -2.37. The fourth-order valence-electron chi connectivity index (χ4n) is 3.59. The summed E-state index contributed by atoms with van der Waals surface area (Å²) in [4.78, 5) is 13.8. The quantitative estimate of drug-likeness (QED) is 0.911. The van der Waals surface area contributed by atoms with Gasteiger partial charge in [-0.15, -0.1) is 0 Å². The third-order valence-corrected chi connectivity index (χ3v) is 5.45. The van der Waals surface area contributed by atoms with Crippen LogP contribution in [0.1, 0.15) is 41.1 Å². The van der Waals surface area contributed by atoms with Crippen LogP contribution in [-0.2, 0) is 4.79 Å². The van der Waals surface area contributed by atoms with Crippen LogP contribution in [0.15, 0.2) is 35.0 Å².